The lowest BCUT2D eigenvalue weighted by molar-refractivity contribution is -0.140. The summed E-state index contributed by atoms with van der Waals surface area (Å²) in [5.41, 5.74) is -0.289. The number of rotatable bonds is 7. The maximum atomic E-state index is 13.6. The average molecular weight is 347 g/mol. The third-order valence-electron chi connectivity index (χ3n) is 3.36. The van der Waals surface area contributed by atoms with Crippen molar-refractivity contribution >= 4 is 22.0 Å². The van der Waals surface area contributed by atoms with Gasteiger partial charge < -0.3 is 9.84 Å². The summed E-state index contributed by atoms with van der Waals surface area (Å²) in [5.74, 6) is -3.68. The molecule has 23 heavy (non-hydrogen) atoms. The highest BCUT2D eigenvalue weighted by atomic mass is 32.2. The second kappa shape index (κ2) is 7.51. The third kappa shape index (κ3) is 4.73. The predicted octanol–water partition coefficient (Wildman–Crippen LogP) is 1.39. The van der Waals surface area contributed by atoms with Crippen LogP contribution in [0.5, 0.6) is 0 Å². The van der Waals surface area contributed by atoms with Gasteiger partial charge in [-0.2, -0.15) is 4.72 Å². The molecule has 0 aliphatic heterocycles. The Balaban J connectivity index is 3.25. The third-order valence-corrected chi connectivity index (χ3v) is 4.78. The highest BCUT2D eigenvalue weighted by Crippen LogP contribution is 2.18. The maximum absolute atomic E-state index is 13.6. The molecule has 0 spiro atoms. The highest BCUT2D eigenvalue weighted by Gasteiger charge is 2.30. The van der Waals surface area contributed by atoms with E-state index in [9.17, 15) is 22.4 Å². The first-order valence-electron chi connectivity index (χ1n) is 6.76. The van der Waals surface area contributed by atoms with Crippen molar-refractivity contribution in [1.29, 1.82) is 0 Å². The molecule has 1 rings (SSSR count). The number of carboxylic acids is 1. The molecule has 2 N–H and O–H groups in total. The number of carboxylic acid groups (broad SMARTS) is 1. The van der Waals surface area contributed by atoms with Crippen LogP contribution in [0.3, 0.4) is 0 Å². The van der Waals surface area contributed by atoms with Crippen LogP contribution >= 0.6 is 0 Å². The predicted molar refractivity (Wildman–Crippen MR) is 78.9 cm³/mol. The molecule has 0 fully saturated rings. The lowest BCUT2D eigenvalue weighted by Crippen LogP contribution is -2.44. The standard InChI is InChI=1S/C14H18FNO6S/c1-4-8(2)12(13(17)18)16-23(20,21)11-6-9(14(19)22-3)5-10(15)7-11/h5-8,12,16H,4H2,1-3H3,(H,17,18)/t8-,12-/m0/s1. The topological polar surface area (TPSA) is 110 Å². The first-order valence-corrected chi connectivity index (χ1v) is 8.24. The lowest BCUT2D eigenvalue weighted by atomic mass is 10.0. The number of aliphatic carboxylic acids is 1. The van der Waals surface area contributed by atoms with Crippen molar-refractivity contribution < 1.29 is 32.2 Å². The van der Waals surface area contributed by atoms with Crippen molar-refractivity contribution in [2.75, 3.05) is 7.11 Å². The molecule has 0 bridgehead atoms. The van der Waals surface area contributed by atoms with Crippen LogP contribution in [0.15, 0.2) is 23.1 Å². The molecule has 0 aromatic heterocycles. The Bertz CT molecular complexity index is 703. The van der Waals surface area contributed by atoms with Crippen LogP contribution in [-0.4, -0.2) is 38.6 Å². The first-order chi connectivity index (χ1) is 10.6. The number of carbonyl (C=O) groups excluding carboxylic acids is 1. The Labute approximate surface area is 133 Å². The van der Waals surface area contributed by atoms with Crippen molar-refractivity contribution in [1.82, 2.24) is 4.72 Å². The number of esters is 1. The molecule has 0 amide bonds. The molecular weight excluding hydrogens is 329 g/mol. The Kier molecular flexibility index (Phi) is 6.22. The average Bonchev–Trinajstić information content (AvgIpc) is 2.50. The number of ether oxygens (including phenoxy) is 1. The van der Waals surface area contributed by atoms with Gasteiger partial charge in [0, 0.05) is 0 Å². The Morgan fingerprint density at radius 2 is 1.96 bits per heavy atom. The molecule has 0 radical (unpaired) electrons. The maximum Gasteiger partial charge on any atom is 0.337 e. The number of nitrogens with one attached hydrogen (secondary N) is 1. The van der Waals surface area contributed by atoms with E-state index in [0.29, 0.717) is 12.5 Å². The number of benzene rings is 1. The Morgan fingerprint density at radius 3 is 2.43 bits per heavy atom. The molecule has 9 heteroatoms. The number of sulfonamides is 1. The molecule has 0 unspecified atom stereocenters. The van der Waals surface area contributed by atoms with Crippen LogP contribution in [0.1, 0.15) is 30.6 Å². The zero-order valence-corrected chi connectivity index (χ0v) is 13.7. The number of hydrogen-bond donors (Lipinski definition) is 2. The van der Waals surface area contributed by atoms with Crippen LogP contribution < -0.4 is 4.72 Å². The molecule has 1 aromatic carbocycles. The van der Waals surface area contributed by atoms with E-state index in [1.54, 1.807) is 13.8 Å². The SMILES string of the molecule is CC[C@H](C)[C@H](NS(=O)(=O)c1cc(F)cc(C(=O)OC)c1)C(=O)O. The minimum atomic E-state index is -4.32. The van der Waals surface area contributed by atoms with Crippen LogP contribution in [0, 0.1) is 11.7 Å². The summed E-state index contributed by atoms with van der Waals surface area (Å²) in [6.07, 6.45) is 0.427. The van der Waals surface area contributed by atoms with Gasteiger partial charge in [0.2, 0.25) is 10.0 Å². The fourth-order valence-electron chi connectivity index (χ4n) is 1.83. The van der Waals surface area contributed by atoms with Crippen LogP contribution in [-0.2, 0) is 19.6 Å². The van der Waals surface area contributed by atoms with Crippen LogP contribution in [0.2, 0.25) is 0 Å². The van der Waals surface area contributed by atoms with Gasteiger partial charge in [0.25, 0.3) is 0 Å². The van der Waals surface area contributed by atoms with E-state index in [-0.39, 0.29) is 5.56 Å². The van der Waals surface area contributed by atoms with Crippen molar-refractivity contribution in [3.63, 3.8) is 0 Å². The number of hydrogen-bond acceptors (Lipinski definition) is 5. The summed E-state index contributed by atoms with van der Waals surface area (Å²) < 4.78 is 44.6. The fraction of sp³-hybridized carbons (Fsp3) is 0.429. The highest BCUT2D eigenvalue weighted by molar-refractivity contribution is 7.89. The largest absolute Gasteiger partial charge is 0.480 e. The molecule has 128 valence electrons. The normalized spacial score (nSPS) is 14.1. The van der Waals surface area contributed by atoms with Crippen molar-refractivity contribution in [2.24, 2.45) is 5.92 Å². The summed E-state index contributed by atoms with van der Waals surface area (Å²) >= 11 is 0. The number of methoxy groups -OCH3 is 1. The van der Waals surface area contributed by atoms with Crippen LogP contribution in [0.4, 0.5) is 4.39 Å². The second-order valence-electron chi connectivity index (χ2n) is 4.99. The van der Waals surface area contributed by atoms with Crippen molar-refractivity contribution in [3.8, 4) is 0 Å². The second-order valence-corrected chi connectivity index (χ2v) is 6.70. The van der Waals surface area contributed by atoms with Gasteiger partial charge in [-0.25, -0.2) is 17.6 Å². The molecular formula is C14H18FNO6S. The quantitative estimate of drug-likeness (QED) is 0.721. The minimum Gasteiger partial charge on any atom is -0.480 e. The van der Waals surface area contributed by atoms with E-state index in [0.717, 1.165) is 19.2 Å². The van der Waals surface area contributed by atoms with Gasteiger partial charge in [0.05, 0.1) is 17.6 Å². The molecule has 0 saturated heterocycles. The van der Waals surface area contributed by atoms with Gasteiger partial charge >= 0.3 is 11.9 Å². The molecule has 0 saturated carbocycles. The smallest absolute Gasteiger partial charge is 0.337 e. The van der Waals surface area contributed by atoms with Gasteiger partial charge in [0.15, 0.2) is 0 Å². The summed E-state index contributed by atoms with van der Waals surface area (Å²) in [7, 11) is -3.25. The van der Waals surface area contributed by atoms with Gasteiger partial charge in [-0.1, -0.05) is 20.3 Å². The monoisotopic (exact) mass is 347 g/mol. The molecule has 1 aromatic rings. The molecule has 0 aliphatic carbocycles. The van der Waals surface area contributed by atoms with Gasteiger partial charge in [-0.05, 0) is 24.1 Å². The van der Waals surface area contributed by atoms with E-state index in [1.807, 2.05) is 4.72 Å². The van der Waals surface area contributed by atoms with E-state index in [4.69, 9.17) is 5.11 Å². The summed E-state index contributed by atoms with van der Waals surface area (Å²) in [6, 6.07) is 1.08. The van der Waals surface area contributed by atoms with Crippen molar-refractivity contribution in [2.45, 2.75) is 31.2 Å². The van der Waals surface area contributed by atoms with Gasteiger partial charge in [-0.15, -0.1) is 0 Å². The molecule has 7 nitrogen and oxygen atoms in total. The van der Waals surface area contributed by atoms with E-state index >= 15 is 0 Å². The fourth-order valence-corrected chi connectivity index (χ4v) is 3.19. The van der Waals surface area contributed by atoms with Gasteiger partial charge in [-0.3, -0.25) is 4.79 Å². The lowest BCUT2D eigenvalue weighted by Gasteiger charge is -2.20. The Hall–Kier alpha value is -2.00. The number of halogens is 1. The van der Waals surface area contributed by atoms with Crippen molar-refractivity contribution in [3.05, 3.63) is 29.6 Å². The molecule has 0 heterocycles. The van der Waals surface area contributed by atoms with Crippen LogP contribution in [0.25, 0.3) is 0 Å². The summed E-state index contributed by atoms with van der Waals surface area (Å²) in [4.78, 5) is 22.1. The number of carbonyl (C=O) groups is 2. The minimum absolute atomic E-state index is 0.289. The zero-order valence-electron chi connectivity index (χ0n) is 12.9. The first kappa shape index (κ1) is 19.0. The summed E-state index contributed by atoms with van der Waals surface area (Å²) in [5, 5.41) is 9.15. The molecule has 0 aliphatic rings. The molecule has 2 atom stereocenters. The van der Waals surface area contributed by atoms with E-state index < -0.39 is 44.6 Å². The summed E-state index contributed by atoms with van der Waals surface area (Å²) in [6.45, 7) is 3.29. The zero-order chi connectivity index (χ0) is 17.8. The van der Waals surface area contributed by atoms with E-state index in [1.165, 1.54) is 0 Å². The Morgan fingerprint density at radius 1 is 1.35 bits per heavy atom. The van der Waals surface area contributed by atoms with E-state index in [2.05, 4.69) is 4.74 Å². The van der Waals surface area contributed by atoms with Gasteiger partial charge in [0.1, 0.15) is 11.9 Å².